The molecule has 1 saturated heterocycles. The number of fused-ring (bicyclic) bond motifs is 1. The molecule has 4 rings (SSSR count). The molecule has 2 aromatic rings. The van der Waals surface area contributed by atoms with Gasteiger partial charge in [0.1, 0.15) is 4.21 Å². The van der Waals surface area contributed by atoms with E-state index in [-0.39, 0.29) is 16.2 Å². The zero-order valence-corrected chi connectivity index (χ0v) is 16.3. The fraction of sp³-hybridized carbons (Fsp3) is 0.421. The van der Waals surface area contributed by atoms with Crippen LogP contribution in [0, 0.1) is 6.92 Å². The highest BCUT2D eigenvalue weighted by Crippen LogP contribution is 2.33. The predicted octanol–water partition coefficient (Wildman–Crippen LogP) is 3.26. The molecule has 138 valence electrons. The molecule has 0 radical (unpaired) electrons. The van der Waals surface area contributed by atoms with E-state index < -0.39 is 10.0 Å². The van der Waals surface area contributed by atoms with E-state index in [2.05, 4.69) is 30.4 Å². The van der Waals surface area contributed by atoms with Crippen LogP contribution in [0.25, 0.3) is 0 Å². The van der Waals surface area contributed by atoms with Gasteiger partial charge in [-0.05, 0) is 55.9 Å². The first-order chi connectivity index (χ1) is 12.4. The molecule has 26 heavy (non-hydrogen) atoms. The molecule has 1 atom stereocenters. The van der Waals surface area contributed by atoms with E-state index in [4.69, 9.17) is 0 Å². The van der Waals surface area contributed by atoms with Crippen molar-refractivity contribution in [3.63, 3.8) is 0 Å². The number of thiophene rings is 1. The number of rotatable bonds is 4. The number of aryl methyl sites for hydroxylation is 2. The normalized spacial score (nSPS) is 20.3. The average Bonchev–Trinajstić information content (AvgIpc) is 3.36. The number of hydrogen-bond donors (Lipinski definition) is 1. The van der Waals surface area contributed by atoms with Crippen LogP contribution in [0.2, 0.25) is 0 Å². The summed E-state index contributed by atoms with van der Waals surface area (Å²) in [6.45, 7) is 3.21. The van der Waals surface area contributed by atoms with Gasteiger partial charge in [0.15, 0.2) is 0 Å². The lowest BCUT2D eigenvalue weighted by Crippen LogP contribution is -2.27. The van der Waals surface area contributed by atoms with Crippen LogP contribution in [0.5, 0.6) is 0 Å². The highest BCUT2D eigenvalue weighted by molar-refractivity contribution is 7.91. The monoisotopic (exact) mass is 390 g/mol. The highest BCUT2D eigenvalue weighted by atomic mass is 32.2. The summed E-state index contributed by atoms with van der Waals surface area (Å²) < 4.78 is 27.0. The Bertz CT molecular complexity index is 943. The van der Waals surface area contributed by atoms with E-state index in [0.717, 1.165) is 37.0 Å². The van der Waals surface area contributed by atoms with Gasteiger partial charge in [-0.2, -0.15) is 4.31 Å². The molecular formula is C19H22N2O3S2. The highest BCUT2D eigenvalue weighted by Gasteiger charge is 2.30. The van der Waals surface area contributed by atoms with Gasteiger partial charge < -0.3 is 5.32 Å². The quantitative estimate of drug-likeness (QED) is 0.871. The summed E-state index contributed by atoms with van der Waals surface area (Å²) in [5.41, 5.74) is 3.69. The number of carbonyl (C=O) groups is 1. The van der Waals surface area contributed by atoms with E-state index >= 15 is 0 Å². The summed E-state index contributed by atoms with van der Waals surface area (Å²) in [6.07, 6.45) is 3.65. The first kappa shape index (κ1) is 17.7. The maximum atomic E-state index is 12.6. The van der Waals surface area contributed by atoms with Crippen LogP contribution in [0.15, 0.2) is 34.5 Å². The number of nitrogens with zero attached hydrogens (tertiary/aromatic N) is 1. The van der Waals surface area contributed by atoms with Gasteiger partial charge in [-0.1, -0.05) is 23.8 Å². The summed E-state index contributed by atoms with van der Waals surface area (Å²) in [6, 6.07) is 9.49. The molecule has 1 aliphatic carbocycles. The minimum absolute atomic E-state index is 0.00107. The van der Waals surface area contributed by atoms with Gasteiger partial charge >= 0.3 is 0 Å². The summed E-state index contributed by atoms with van der Waals surface area (Å²) in [5.74, 6) is -0.198. The Morgan fingerprint density at radius 2 is 1.96 bits per heavy atom. The van der Waals surface area contributed by atoms with Crippen molar-refractivity contribution < 1.29 is 13.2 Å². The second-order valence-electron chi connectivity index (χ2n) is 7.00. The molecule has 0 unspecified atom stereocenters. The van der Waals surface area contributed by atoms with E-state index in [9.17, 15) is 13.2 Å². The standard InChI is InChI=1S/C19H22N2O3S2/c1-13-4-6-15-14(12-13)5-7-16(15)20-19(22)17-8-9-18(25-17)26(23,24)21-10-2-3-11-21/h4,6,8-9,12,16H,2-3,5,7,10-11H2,1H3,(H,20,22)/t16-/m1/s1. The van der Waals surface area contributed by atoms with Gasteiger partial charge in [0, 0.05) is 13.1 Å². The second kappa shape index (κ2) is 6.79. The van der Waals surface area contributed by atoms with Gasteiger partial charge in [-0.15, -0.1) is 11.3 Å². The first-order valence-electron chi connectivity index (χ1n) is 8.95. The summed E-state index contributed by atoms with van der Waals surface area (Å²) in [4.78, 5) is 13.1. The van der Waals surface area contributed by atoms with Crippen LogP contribution in [0.3, 0.4) is 0 Å². The lowest BCUT2D eigenvalue weighted by atomic mass is 10.1. The molecule has 1 aromatic carbocycles. The third-order valence-electron chi connectivity index (χ3n) is 5.15. The number of nitrogens with one attached hydrogen (secondary N) is 1. The average molecular weight is 391 g/mol. The summed E-state index contributed by atoms with van der Waals surface area (Å²) in [5, 5.41) is 3.07. The van der Waals surface area contributed by atoms with E-state index in [1.54, 1.807) is 12.1 Å². The molecular weight excluding hydrogens is 368 g/mol. The molecule has 5 nitrogen and oxygen atoms in total. The largest absolute Gasteiger partial charge is 0.345 e. The van der Waals surface area contributed by atoms with E-state index in [0.29, 0.717) is 18.0 Å². The van der Waals surface area contributed by atoms with Crippen molar-refractivity contribution in [1.29, 1.82) is 0 Å². The molecule has 0 spiro atoms. The Hall–Kier alpha value is -1.70. The van der Waals surface area contributed by atoms with E-state index in [1.807, 2.05) is 0 Å². The Morgan fingerprint density at radius 3 is 2.73 bits per heavy atom. The molecule has 2 aliphatic rings. The van der Waals surface area contributed by atoms with Crippen molar-refractivity contribution in [2.24, 2.45) is 0 Å². The van der Waals surface area contributed by atoms with Gasteiger partial charge in [0.2, 0.25) is 0 Å². The fourth-order valence-corrected chi connectivity index (χ4v) is 6.64. The SMILES string of the molecule is Cc1ccc2c(c1)CC[C@H]2NC(=O)c1ccc(S(=O)(=O)N2CCCC2)s1. The Balaban J connectivity index is 1.50. The Kier molecular flexibility index (Phi) is 4.62. The maximum absolute atomic E-state index is 12.6. The lowest BCUT2D eigenvalue weighted by molar-refractivity contribution is 0.0941. The number of hydrogen-bond acceptors (Lipinski definition) is 4. The second-order valence-corrected chi connectivity index (χ2v) is 10.2. The molecule has 2 heterocycles. The Morgan fingerprint density at radius 1 is 1.19 bits per heavy atom. The molecule has 1 aromatic heterocycles. The minimum atomic E-state index is -3.46. The van der Waals surface area contributed by atoms with Crippen molar-refractivity contribution in [3.05, 3.63) is 51.9 Å². The van der Waals surface area contributed by atoms with Gasteiger partial charge in [0.05, 0.1) is 10.9 Å². The van der Waals surface area contributed by atoms with Crippen molar-refractivity contribution in [2.45, 2.75) is 42.9 Å². The van der Waals surface area contributed by atoms with Gasteiger partial charge in [0.25, 0.3) is 15.9 Å². The maximum Gasteiger partial charge on any atom is 0.261 e. The van der Waals surface area contributed by atoms with Crippen molar-refractivity contribution >= 4 is 27.3 Å². The topological polar surface area (TPSA) is 66.5 Å². The number of carbonyl (C=O) groups excluding carboxylic acids is 1. The number of benzene rings is 1. The van der Waals surface area contributed by atoms with Crippen LogP contribution in [0.4, 0.5) is 0 Å². The molecule has 1 fully saturated rings. The summed E-state index contributed by atoms with van der Waals surface area (Å²) >= 11 is 1.06. The van der Waals surface area contributed by atoms with Crippen molar-refractivity contribution in [3.8, 4) is 0 Å². The zero-order valence-electron chi connectivity index (χ0n) is 14.7. The minimum Gasteiger partial charge on any atom is -0.345 e. The molecule has 1 aliphatic heterocycles. The molecule has 0 bridgehead atoms. The van der Waals surface area contributed by atoms with Crippen LogP contribution in [0.1, 0.15) is 51.7 Å². The molecule has 7 heteroatoms. The Labute approximate surface area is 158 Å². The first-order valence-corrected chi connectivity index (χ1v) is 11.2. The fourth-order valence-electron chi connectivity index (χ4n) is 3.76. The number of sulfonamides is 1. The molecule has 1 N–H and O–H groups in total. The predicted molar refractivity (Wildman–Crippen MR) is 102 cm³/mol. The zero-order chi connectivity index (χ0) is 18.3. The molecule has 1 amide bonds. The summed E-state index contributed by atoms with van der Waals surface area (Å²) in [7, 11) is -3.46. The van der Waals surface area contributed by atoms with E-state index in [1.165, 1.54) is 21.0 Å². The van der Waals surface area contributed by atoms with Crippen LogP contribution in [-0.4, -0.2) is 31.7 Å². The smallest absolute Gasteiger partial charge is 0.261 e. The lowest BCUT2D eigenvalue weighted by Gasteiger charge is -2.14. The third-order valence-corrected chi connectivity index (χ3v) is 8.60. The third kappa shape index (κ3) is 3.19. The van der Waals surface area contributed by atoms with Gasteiger partial charge in [-0.3, -0.25) is 4.79 Å². The molecule has 0 saturated carbocycles. The number of amides is 1. The van der Waals surface area contributed by atoms with Crippen LogP contribution >= 0.6 is 11.3 Å². The van der Waals surface area contributed by atoms with Crippen LogP contribution < -0.4 is 5.32 Å². The van der Waals surface area contributed by atoms with Crippen molar-refractivity contribution in [2.75, 3.05) is 13.1 Å². The van der Waals surface area contributed by atoms with Crippen LogP contribution in [-0.2, 0) is 16.4 Å². The van der Waals surface area contributed by atoms with Gasteiger partial charge in [-0.25, -0.2) is 8.42 Å². The van der Waals surface area contributed by atoms with Crippen molar-refractivity contribution in [1.82, 2.24) is 9.62 Å².